The Morgan fingerprint density at radius 2 is 1.97 bits per heavy atom. The Balaban J connectivity index is 1.45. The van der Waals surface area contributed by atoms with Crippen LogP contribution in [0.15, 0.2) is 48.5 Å². The van der Waals surface area contributed by atoms with Gasteiger partial charge in [-0.1, -0.05) is 18.2 Å². The number of rotatable bonds is 5. The van der Waals surface area contributed by atoms with Crippen LogP contribution < -0.4 is 10.1 Å². The number of carbonyl (C=O) groups is 1. The first-order valence-corrected chi connectivity index (χ1v) is 10.1. The molecule has 1 aliphatic rings. The molecule has 1 amide bonds. The van der Waals surface area contributed by atoms with Gasteiger partial charge in [-0.3, -0.25) is 9.48 Å². The van der Waals surface area contributed by atoms with Crippen molar-refractivity contribution in [2.24, 2.45) is 0 Å². The SMILES string of the molecule is COc1ccc2c(c1)CCC[C@H]2NC(=O)c1ccc(Cn2nc(C)cc2C)cc1. The van der Waals surface area contributed by atoms with Crippen molar-refractivity contribution in [2.75, 3.05) is 7.11 Å². The van der Waals surface area contributed by atoms with Crippen molar-refractivity contribution in [2.45, 2.75) is 45.7 Å². The average molecular weight is 389 g/mol. The van der Waals surface area contributed by atoms with Crippen LogP contribution in [0.2, 0.25) is 0 Å². The molecule has 0 bridgehead atoms. The third-order valence-corrected chi connectivity index (χ3v) is 5.62. The van der Waals surface area contributed by atoms with Gasteiger partial charge in [-0.15, -0.1) is 0 Å². The van der Waals surface area contributed by atoms with Gasteiger partial charge in [0.2, 0.25) is 0 Å². The van der Waals surface area contributed by atoms with Crippen LogP contribution in [0.25, 0.3) is 0 Å². The molecule has 29 heavy (non-hydrogen) atoms. The van der Waals surface area contributed by atoms with Crippen LogP contribution in [0.5, 0.6) is 5.75 Å². The number of aromatic nitrogens is 2. The fourth-order valence-corrected chi connectivity index (χ4v) is 4.08. The Bertz CT molecular complexity index is 1020. The third-order valence-electron chi connectivity index (χ3n) is 5.62. The van der Waals surface area contributed by atoms with Crippen LogP contribution in [0.4, 0.5) is 0 Å². The lowest BCUT2D eigenvalue weighted by molar-refractivity contribution is 0.0932. The lowest BCUT2D eigenvalue weighted by Crippen LogP contribution is -2.31. The van der Waals surface area contributed by atoms with Crippen molar-refractivity contribution in [1.29, 1.82) is 0 Å². The fourth-order valence-electron chi connectivity index (χ4n) is 4.08. The van der Waals surface area contributed by atoms with Crippen molar-refractivity contribution >= 4 is 5.91 Å². The topological polar surface area (TPSA) is 56.1 Å². The highest BCUT2D eigenvalue weighted by molar-refractivity contribution is 5.94. The second kappa shape index (κ2) is 8.11. The molecule has 0 spiro atoms. The van der Waals surface area contributed by atoms with Crippen LogP contribution in [-0.2, 0) is 13.0 Å². The Hall–Kier alpha value is -3.08. The molecular formula is C24H27N3O2. The summed E-state index contributed by atoms with van der Waals surface area (Å²) in [4.78, 5) is 12.8. The zero-order valence-corrected chi connectivity index (χ0v) is 17.2. The minimum Gasteiger partial charge on any atom is -0.497 e. The van der Waals surface area contributed by atoms with Gasteiger partial charge in [-0.2, -0.15) is 5.10 Å². The number of aryl methyl sites for hydroxylation is 3. The van der Waals surface area contributed by atoms with E-state index in [-0.39, 0.29) is 11.9 Å². The van der Waals surface area contributed by atoms with E-state index >= 15 is 0 Å². The summed E-state index contributed by atoms with van der Waals surface area (Å²) in [6, 6.07) is 16.1. The second-order valence-electron chi connectivity index (χ2n) is 7.76. The molecule has 0 aliphatic heterocycles. The molecule has 0 saturated heterocycles. The van der Waals surface area contributed by atoms with Crippen LogP contribution >= 0.6 is 0 Å². The lowest BCUT2D eigenvalue weighted by atomic mass is 9.87. The summed E-state index contributed by atoms with van der Waals surface area (Å²) in [5.41, 5.74) is 6.43. The van der Waals surface area contributed by atoms with E-state index in [1.54, 1.807) is 7.11 Å². The number of hydrogen-bond acceptors (Lipinski definition) is 3. The standard InChI is InChI=1S/C24H27N3O2/c1-16-13-17(2)27(26-16)15-18-7-9-19(10-8-18)24(28)25-23-6-4-5-20-14-21(29-3)11-12-22(20)23/h7-14,23H,4-6,15H2,1-3H3,(H,25,28)/t23-/m1/s1. The summed E-state index contributed by atoms with van der Waals surface area (Å²) in [5, 5.41) is 7.72. The molecule has 0 saturated carbocycles. The first-order valence-electron chi connectivity index (χ1n) is 10.1. The highest BCUT2D eigenvalue weighted by Gasteiger charge is 2.22. The summed E-state index contributed by atoms with van der Waals surface area (Å²) in [5.74, 6) is 0.838. The van der Waals surface area contributed by atoms with E-state index in [1.165, 1.54) is 11.1 Å². The van der Waals surface area contributed by atoms with E-state index in [1.807, 2.05) is 41.9 Å². The molecule has 3 aromatic rings. The Morgan fingerprint density at radius 1 is 1.17 bits per heavy atom. The van der Waals surface area contributed by atoms with Crippen LogP contribution in [0.1, 0.15) is 57.3 Å². The first-order chi connectivity index (χ1) is 14.0. The Morgan fingerprint density at radius 3 is 2.66 bits per heavy atom. The summed E-state index contributed by atoms with van der Waals surface area (Å²) >= 11 is 0. The molecular weight excluding hydrogens is 362 g/mol. The van der Waals surface area contributed by atoms with Crippen molar-refractivity contribution in [1.82, 2.24) is 15.1 Å². The minimum atomic E-state index is -0.0312. The lowest BCUT2D eigenvalue weighted by Gasteiger charge is -2.27. The predicted molar refractivity (Wildman–Crippen MR) is 113 cm³/mol. The Kier molecular flexibility index (Phi) is 5.38. The maximum atomic E-state index is 12.8. The molecule has 1 heterocycles. The maximum absolute atomic E-state index is 12.8. The van der Waals surface area contributed by atoms with Gasteiger partial charge in [-0.05, 0) is 80.1 Å². The zero-order valence-electron chi connectivity index (χ0n) is 17.2. The van der Waals surface area contributed by atoms with Crippen LogP contribution in [0.3, 0.4) is 0 Å². The Labute approximate surface area is 171 Å². The quantitative estimate of drug-likeness (QED) is 0.705. The number of benzene rings is 2. The van der Waals surface area contributed by atoms with E-state index in [9.17, 15) is 4.79 Å². The molecule has 1 aromatic heterocycles. The number of hydrogen-bond donors (Lipinski definition) is 1. The predicted octanol–water partition coefficient (Wildman–Crippen LogP) is 4.36. The normalized spacial score (nSPS) is 15.6. The first kappa shape index (κ1) is 19.2. The largest absolute Gasteiger partial charge is 0.497 e. The number of carbonyl (C=O) groups excluding carboxylic acids is 1. The molecule has 0 unspecified atom stereocenters. The number of nitrogens with zero attached hydrogens (tertiary/aromatic N) is 2. The van der Waals surface area contributed by atoms with Crippen LogP contribution in [0, 0.1) is 13.8 Å². The minimum absolute atomic E-state index is 0.0312. The van der Waals surface area contributed by atoms with Gasteiger partial charge in [0, 0.05) is 11.3 Å². The van der Waals surface area contributed by atoms with Gasteiger partial charge < -0.3 is 10.1 Å². The monoisotopic (exact) mass is 389 g/mol. The summed E-state index contributed by atoms with van der Waals surface area (Å²) < 4.78 is 7.32. The third kappa shape index (κ3) is 4.19. The highest BCUT2D eigenvalue weighted by atomic mass is 16.5. The van der Waals surface area contributed by atoms with E-state index in [2.05, 4.69) is 35.5 Å². The molecule has 4 rings (SSSR count). The molecule has 5 heteroatoms. The molecule has 1 N–H and O–H groups in total. The van der Waals surface area contributed by atoms with Gasteiger partial charge in [0.1, 0.15) is 5.75 Å². The van der Waals surface area contributed by atoms with Crippen molar-refractivity contribution in [3.63, 3.8) is 0 Å². The van der Waals surface area contributed by atoms with E-state index < -0.39 is 0 Å². The van der Waals surface area contributed by atoms with Crippen LogP contribution in [-0.4, -0.2) is 22.8 Å². The van der Waals surface area contributed by atoms with E-state index in [0.29, 0.717) is 12.1 Å². The number of methoxy groups -OCH3 is 1. The zero-order chi connectivity index (χ0) is 20.4. The number of fused-ring (bicyclic) bond motifs is 1. The van der Waals surface area contributed by atoms with Gasteiger partial charge in [-0.25, -0.2) is 0 Å². The number of ether oxygens (including phenoxy) is 1. The molecule has 0 radical (unpaired) electrons. The number of amides is 1. The number of nitrogens with one attached hydrogen (secondary N) is 1. The summed E-state index contributed by atoms with van der Waals surface area (Å²) in [6.07, 6.45) is 3.05. The molecule has 1 atom stereocenters. The van der Waals surface area contributed by atoms with Gasteiger partial charge in [0.05, 0.1) is 25.4 Å². The van der Waals surface area contributed by atoms with Crippen molar-refractivity contribution in [3.05, 3.63) is 82.2 Å². The molecule has 1 aliphatic carbocycles. The second-order valence-corrected chi connectivity index (χ2v) is 7.76. The van der Waals surface area contributed by atoms with Gasteiger partial charge in [0.25, 0.3) is 5.91 Å². The summed E-state index contributed by atoms with van der Waals surface area (Å²) in [6.45, 7) is 4.76. The van der Waals surface area contributed by atoms with Gasteiger partial charge >= 0.3 is 0 Å². The van der Waals surface area contributed by atoms with Crippen molar-refractivity contribution < 1.29 is 9.53 Å². The molecule has 150 valence electrons. The van der Waals surface area contributed by atoms with Crippen molar-refractivity contribution in [3.8, 4) is 5.75 Å². The smallest absolute Gasteiger partial charge is 0.251 e. The fraction of sp³-hybridized carbons (Fsp3) is 0.333. The van der Waals surface area contributed by atoms with Gasteiger partial charge in [0.15, 0.2) is 0 Å². The molecule has 0 fully saturated rings. The average Bonchev–Trinajstić information content (AvgIpc) is 3.05. The molecule has 5 nitrogen and oxygen atoms in total. The summed E-state index contributed by atoms with van der Waals surface area (Å²) in [7, 11) is 1.68. The highest BCUT2D eigenvalue weighted by Crippen LogP contribution is 2.32. The van der Waals surface area contributed by atoms with E-state index in [4.69, 9.17) is 4.74 Å². The molecule has 2 aromatic carbocycles. The maximum Gasteiger partial charge on any atom is 0.251 e. The van der Waals surface area contributed by atoms with E-state index in [0.717, 1.165) is 42.0 Å².